The third kappa shape index (κ3) is 5.86. The van der Waals surface area contributed by atoms with Crippen LogP contribution in [0.4, 0.5) is 5.69 Å². The topological polar surface area (TPSA) is 73.7 Å². The minimum atomic E-state index is -1.02. The van der Waals surface area contributed by atoms with E-state index in [1.54, 1.807) is 24.4 Å². The molecule has 1 N–H and O–H groups in total. The molecule has 1 aromatic carbocycles. The smallest absolute Gasteiger partial charge is 0.328 e. The minimum Gasteiger partial charge on any atom is -0.478 e. The number of rotatable bonds is 7. The van der Waals surface area contributed by atoms with Gasteiger partial charge in [-0.1, -0.05) is 13.0 Å². The molecule has 0 amide bonds. The molecule has 1 aliphatic rings. The molecule has 0 radical (unpaired) electrons. The van der Waals surface area contributed by atoms with Crippen molar-refractivity contribution in [2.24, 2.45) is 0 Å². The van der Waals surface area contributed by atoms with Gasteiger partial charge in [0.25, 0.3) is 0 Å². The molecule has 0 atom stereocenters. The SMILES string of the molecule is CCN1CCN(c2ccc(C(=O)C=Cc3ccc(C=CC(=O)O)nc3)cc2)CC1. The second kappa shape index (κ2) is 9.80. The van der Waals surface area contributed by atoms with E-state index in [4.69, 9.17) is 5.11 Å². The van der Waals surface area contributed by atoms with E-state index in [2.05, 4.69) is 21.7 Å². The van der Waals surface area contributed by atoms with Gasteiger partial charge in [0.1, 0.15) is 0 Å². The van der Waals surface area contributed by atoms with Gasteiger partial charge >= 0.3 is 5.97 Å². The molecule has 29 heavy (non-hydrogen) atoms. The number of hydrogen-bond donors (Lipinski definition) is 1. The molecule has 0 spiro atoms. The van der Waals surface area contributed by atoms with E-state index in [0.29, 0.717) is 11.3 Å². The van der Waals surface area contributed by atoms with Crippen LogP contribution >= 0.6 is 0 Å². The molecule has 0 aliphatic carbocycles. The van der Waals surface area contributed by atoms with Crippen molar-refractivity contribution in [2.75, 3.05) is 37.6 Å². The zero-order valence-electron chi connectivity index (χ0n) is 16.5. The van der Waals surface area contributed by atoms with Gasteiger partial charge in [-0.25, -0.2) is 4.79 Å². The monoisotopic (exact) mass is 391 g/mol. The van der Waals surface area contributed by atoms with Crippen LogP contribution in [0.3, 0.4) is 0 Å². The summed E-state index contributed by atoms with van der Waals surface area (Å²) in [6, 6.07) is 11.2. The molecule has 0 unspecified atom stereocenters. The average Bonchev–Trinajstić information content (AvgIpc) is 2.77. The van der Waals surface area contributed by atoms with Crippen LogP contribution in [0.1, 0.15) is 28.5 Å². The summed E-state index contributed by atoms with van der Waals surface area (Å²) in [7, 11) is 0. The van der Waals surface area contributed by atoms with Gasteiger partial charge in [-0.05, 0) is 60.7 Å². The van der Waals surface area contributed by atoms with Crippen LogP contribution in [0.15, 0.2) is 54.7 Å². The van der Waals surface area contributed by atoms with Crippen LogP contribution in [0.25, 0.3) is 12.2 Å². The third-order valence-corrected chi connectivity index (χ3v) is 4.97. The van der Waals surface area contributed by atoms with Crippen LogP contribution in [0.5, 0.6) is 0 Å². The summed E-state index contributed by atoms with van der Waals surface area (Å²) in [5.74, 6) is -1.09. The van der Waals surface area contributed by atoms with E-state index in [9.17, 15) is 9.59 Å². The molecule has 6 heteroatoms. The van der Waals surface area contributed by atoms with E-state index in [0.717, 1.165) is 50.1 Å². The molecule has 150 valence electrons. The minimum absolute atomic E-state index is 0.0674. The van der Waals surface area contributed by atoms with Crippen molar-refractivity contribution >= 4 is 29.6 Å². The van der Waals surface area contributed by atoms with Crippen molar-refractivity contribution in [3.63, 3.8) is 0 Å². The maximum absolute atomic E-state index is 12.4. The summed E-state index contributed by atoms with van der Waals surface area (Å²) < 4.78 is 0. The second-order valence-corrected chi connectivity index (χ2v) is 6.85. The highest BCUT2D eigenvalue weighted by Crippen LogP contribution is 2.18. The molecule has 1 aromatic heterocycles. The van der Waals surface area contributed by atoms with Gasteiger partial charge in [0, 0.05) is 49.7 Å². The fraction of sp³-hybridized carbons (Fsp3) is 0.261. The first-order valence-corrected chi connectivity index (χ1v) is 9.72. The number of aromatic nitrogens is 1. The number of pyridine rings is 1. The van der Waals surface area contributed by atoms with Crippen LogP contribution in [0.2, 0.25) is 0 Å². The Balaban J connectivity index is 1.58. The Bertz CT molecular complexity index is 894. The largest absolute Gasteiger partial charge is 0.478 e. The Labute approximate surface area is 170 Å². The first-order chi connectivity index (χ1) is 14.0. The van der Waals surface area contributed by atoms with Gasteiger partial charge in [0.2, 0.25) is 0 Å². The Morgan fingerprint density at radius 2 is 1.72 bits per heavy atom. The van der Waals surface area contributed by atoms with Gasteiger partial charge in [-0.15, -0.1) is 0 Å². The molecule has 0 bridgehead atoms. The maximum Gasteiger partial charge on any atom is 0.328 e. The predicted molar refractivity (Wildman–Crippen MR) is 115 cm³/mol. The van der Waals surface area contributed by atoms with E-state index < -0.39 is 5.97 Å². The second-order valence-electron chi connectivity index (χ2n) is 6.85. The summed E-state index contributed by atoms with van der Waals surface area (Å²) in [6.45, 7) is 7.42. The lowest BCUT2D eigenvalue weighted by atomic mass is 10.1. The zero-order valence-corrected chi connectivity index (χ0v) is 16.5. The zero-order chi connectivity index (χ0) is 20.6. The summed E-state index contributed by atoms with van der Waals surface area (Å²) in [5, 5.41) is 8.63. The van der Waals surface area contributed by atoms with Crippen molar-refractivity contribution in [2.45, 2.75) is 6.92 Å². The highest BCUT2D eigenvalue weighted by atomic mass is 16.4. The van der Waals surface area contributed by atoms with Crippen molar-refractivity contribution in [1.29, 1.82) is 0 Å². The summed E-state index contributed by atoms with van der Waals surface area (Å²) in [6.07, 6.45) is 7.29. The molecule has 1 fully saturated rings. The number of allylic oxidation sites excluding steroid dienone is 1. The molecule has 3 rings (SSSR count). The Kier molecular flexibility index (Phi) is 6.92. The van der Waals surface area contributed by atoms with Crippen molar-refractivity contribution < 1.29 is 14.7 Å². The number of ketones is 1. The summed E-state index contributed by atoms with van der Waals surface area (Å²) in [4.78, 5) is 31.9. The fourth-order valence-corrected chi connectivity index (χ4v) is 3.20. The Morgan fingerprint density at radius 1 is 1.00 bits per heavy atom. The Hall–Kier alpha value is -3.25. The predicted octanol–water partition coefficient (Wildman–Crippen LogP) is 3.22. The van der Waals surface area contributed by atoms with E-state index in [1.807, 2.05) is 24.3 Å². The Morgan fingerprint density at radius 3 is 2.31 bits per heavy atom. The molecule has 2 heterocycles. The van der Waals surface area contributed by atoms with Crippen LogP contribution in [0, 0.1) is 0 Å². The van der Waals surface area contributed by atoms with Gasteiger partial charge in [0.15, 0.2) is 5.78 Å². The number of carbonyl (C=O) groups is 2. The normalized spacial score (nSPS) is 15.3. The number of benzene rings is 1. The standard InChI is InChI=1S/C23H25N3O3/c1-2-25-13-15-26(16-14-25)21-9-5-19(6-10-21)22(27)11-4-18-3-7-20(24-17-18)8-12-23(28)29/h3-12,17H,2,13-16H2,1H3,(H,28,29). The highest BCUT2D eigenvalue weighted by molar-refractivity contribution is 6.07. The number of carboxylic acids is 1. The molecule has 1 aliphatic heterocycles. The molecule has 0 saturated carbocycles. The lowest BCUT2D eigenvalue weighted by Gasteiger charge is -2.35. The third-order valence-electron chi connectivity index (χ3n) is 4.97. The summed E-state index contributed by atoms with van der Waals surface area (Å²) >= 11 is 0. The number of piperazine rings is 1. The number of aliphatic carboxylic acids is 1. The molecule has 1 saturated heterocycles. The maximum atomic E-state index is 12.4. The molecule has 2 aromatic rings. The van der Waals surface area contributed by atoms with Gasteiger partial charge in [-0.2, -0.15) is 0 Å². The number of likely N-dealkylation sites (N-methyl/N-ethyl adjacent to an activating group) is 1. The summed E-state index contributed by atoms with van der Waals surface area (Å²) in [5.41, 5.74) is 3.11. The van der Waals surface area contributed by atoms with Crippen LogP contribution in [-0.4, -0.2) is 59.5 Å². The highest BCUT2D eigenvalue weighted by Gasteiger charge is 2.15. The van der Waals surface area contributed by atoms with Crippen molar-refractivity contribution in [3.05, 3.63) is 71.6 Å². The van der Waals surface area contributed by atoms with Gasteiger partial charge in [0.05, 0.1) is 5.69 Å². The molecule has 6 nitrogen and oxygen atoms in total. The average molecular weight is 391 g/mol. The lowest BCUT2D eigenvalue weighted by Crippen LogP contribution is -2.46. The van der Waals surface area contributed by atoms with Crippen molar-refractivity contribution in [1.82, 2.24) is 9.88 Å². The van der Waals surface area contributed by atoms with Crippen molar-refractivity contribution in [3.8, 4) is 0 Å². The van der Waals surface area contributed by atoms with Crippen LogP contribution < -0.4 is 4.90 Å². The fourth-order valence-electron chi connectivity index (χ4n) is 3.20. The first-order valence-electron chi connectivity index (χ1n) is 9.72. The number of hydrogen-bond acceptors (Lipinski definition) is 5. The number of carboxylic acid groups (broad SMARTS) is 1. The number of nitrogens with zero attached hydrogens (tertiary/aromatic N) is 3. The van der Waals surface area contributed by atoms with E-state index >= 15 is 0 Å². The van der Waals surface area contributed by atoms with E-state index in [1.165, 1.54) is 12.2 Å². The van der Waals surface area contributed by atoms with E-state index in [-0.39, 0.29) is 5.78 Å². The van der Waals surface area contributed by atoms with Gasteiger partial charge in [-0.3, -0.25) is 9.78 Å². The quantitative estimate of drug-likeness (QED) is 0.577. The first kappa shape index (κ1) is 20.5. The molecular formula is C23H25N3O3. The number of anilines is 1. The molecular weight excluding hydrogens is 366 g/mol. The lowest BCUT2D eigenvalue weighted by molar-refractivity contribution is -0.131. The van der Waals surface area contributed by atoms with Crippen LogP contribution in [-0.2, 0) is 4.79 Å². The van der Waals surface area contributed by atoms with Gasteiger partial charge < -0.3 is 14.9 Å². The number of carbonyl (C=O) groups excluding carboxylic acids is 1.